The molecule has 0 unspecified atom stereocenters. The number of rotatable bonds is 1. The van der Waals surface area contributed by atoms with Gasteiger partial charge in [-0.1, -0.05) is 52.0 Å². The van der Waals surface area contributed by atoms with Crippen LogP contribution in [0.4, 0.5) is 0 Å². The number of phenols is 1. The molecule has 0 aliphatic heterocycles. The third-order valence-electron chi connectivity index (χ3n) is 4.53. The minimum absolute atomic E-state index is 0. The van der Waals surface area contributed by atoms with Gasteiger partial charge in [0, 0.05) is 0 Å². The van der Waals surface area contributed by atoms with Crippen LogP contribution >= 0.6 is 24.8 Å². The first-order chi connectivity index (χ1) is 11.3. The van der Waals surface area contributed by atoms with Gasteiger partial charge >= 0.3 is 37.6 Å². The van der Waals surface area contributed by atoms with Crippen LogP contribution in [0.3, 0.4) is 0 Å². The van der Waals surface area contributed by atoms with Crippen LogP contribution in [0.25, 0.3) is 0 Å². The molecule has 0 amide bonds. The molecule has 0 saturated heterocycles. The molecule has 1 aliphatic carbocycles. The zero-order valence-corrected chi connectivity index (χ0v) is 22.6. The Bertz CT molecular complexity index is 617. The predicted octanol–water partition coefficient (Wildman–Crippen LogP) is 6.70. The van der Waals surface area contributed by atoms with Gasteiger partial charge in [0.05, 0.1) is 8.07 Å². The molecule has 1 aromatic rings. The second kappa shape index (κ2) is 14.0. The molecule has 0 aromatic heterocycles. The molecule has 0 fully saturated rings. The van der Waals surface area contributed by atoms with Crippen LogP contribution in [0.5, 0.6) is 5.75 Å². The number of aromatic hydroxyl groups is 1. The molecule has 1 aliphatic rings. The molecule has 2 rings (SSSR count). The van der Waals surface area contributed by atoms with Gasteiger partial charge in [-0.3, -0.25) is 6.08 Å². The topological polar surface area (TPSA) is 20.2 Å². The van der Waals surface area contributed by atoms with Crippen molar-refractivity contribution in [2.75, 3.05) is 0 Å². The van der Waals surface area contributed by atoms with Gasteiger partial charge in [0.2, 0.25) is 0 Å². The molecule has 5 heteroatoms. The SMILES string of the molecule is CC1=[C-]CC=C1.C[C](C)=[Ti+].Cc1cc(O)cc([Si](C)(C)C(C)(C)C)c1.Cl.Cl. The number of aryl methyl sites for hydroxylation is 1. The van der Waals surface area contributed by atoms with E-state index in [1.165, 1.54) is 14.6 Å². The van der Waals surface area contributed by atoms with Crippen LogP contribution < -0.4 is 5.19 Å². The molecule has 0 spiro atoms. The monoisotopic (exact) mass is 463 g/mol. The van der Waals surface area contributed by atoms with Crippen molar-refractivity contribution in [3.8, 4) is 5.75 Å². The Balaban J connectivity index is -0.000000400. The number of hydrogen-bond donors (Lipinski definition) is 1. The van der Waals surface area contributed by atoms with Crippen molar-refractivity contribution in [3.05, 3.63) is 47.6 Å². The largest absolute Gasteiger partial charge is 0.508 e. The van der Waals surface area contributed by atoms with E-state index in [1.807, 2.05) is 19.1 Å². The van der Waals surface area contributed by atoms with E-state index in [4.69, 9.17) is 0 Å². The average molecular weight is 464 g/mol. The Kier molecular flexibility index (Phi) is 16.3. The maximum Gasteiger partial charge on any atom is 0.115 e. The first-order valence-corrected chi connectivity index (χ1v) is 12.6. The van der Waals surface area contributed by atoms with Crippen LogP contribution in [0, 0.1) is 13.0 Å². The molecule has 153 valence electrons. The van der Waals surface area contributed by atoms with E-state index >= 15 is 0 Å². The minimum atomic E-state index is -1.50. The zero-order chi connectivity index (χ0) is 19.8. The minimum Gasteiger partial charge on any atom is -0.508 e. The summed E-state index contributed by atoms with van der Waals surface area (Å²) in [5.41, 5.74) is 2.42. The van der Waals surface area contributed by atoms with Gasteiger partial charge in [0.15, 0.2) is 0 Å². The van der Waals surface area contributed by atoms with E-state index in [9.17, 15) is 5.11 Å². The molecule has 1 nitrogen and oxygen atoms in total. The summed E-state index contributed by atoms with van der Waals surface area (Å²) in [6.45, 7) is 19.9. The van der Waals surface area contributed by atoms with Crippen LogP contribution in [0.15, 0.2) is 35.9 Å². The summed E-state index contributed by atoms with van der Waals surface area (Å²) in [6.07, 6.45) is 8.33. The Hall–Kier alpha value is -0.119. The molecular weight excluding hydrogens is 427 g/mol. The summed E-state index contributed by atoms with van der Waals surface area (Å²) >= 11 is 2.08. The average Bonchev–Trinajstić information content (AvgIpc) is 2.87. The van der Waals surface area contributed by atoms with Crippen LogP contribution in [-0.4, -0.2) is 17.0 Å². The van der Waals surface area contributed by atoms with E-state index in [0.29, 0.717) is 10.8 Å². The summed E-state index contributed by atoms with van der Waals surface area (Å²) in [5.74, 6) is 0.398. The van der Waals surface area contributed by atoms with Gasteiger partial charge in [0.1, 0.15) is 5.75 Å². The van der Waals surface area contributed by atoms with Gasteiger partial charge < -0.3 is 5.11 Å². The Morgan fingerprint density at radius 2 is 1.56 bits per heavy atom. The molecule has 0 heterocycles. The standard InChI is InChI=1S/C13H22OSi.C6H7.C3H6.2ClH.Ti/c1-10-7-11(14)9-12(8-10)15(5,6)13(2,3)4;1-6-4-2-3-5-6;1-3-2;;;/h7-9,14H,1-6H3;2,4H,3H2,1H3;1-2H3;2*1H;/q;-1;;;;+1. The Labute approximate surface area is 192 Å². The van der Waals surface area contributed by atoms with E-state index in [0.717, 1.165) is 12.0 Å². The fraction of sp³-hybridized carbons (Fsp3) is 0.500. The van der Waals surface area contributed by atoms with Gasteiger partial charge in [-0.15, -0.1) is 31.2 Å². The van der Waals surface area contributed by atoms with E-state index in [-0.39, 0.29) is 24.8 Å². The fourth-order valence-corrected chi connectivity index (χ4v) is 4.03. The Morgan fingerprint density at radius 1 is 1.07 bits per heavy atom. The summed E-state index contributed by atoms with van der Waals surface area (Å²) in [7, 11) is -1.50. The first-order valence-electron chi connectivity index (χ1n) is 8.84. The number of allylic oxidation sites excluding steroid dienone is 4. The summed E-state index contributed by atoms with van der Waals surface area (Å²) in [4.78, 5) is 0. The molecule has 1 aromatic carbocycles. The van der Waals surface area contributed by atoms with E-state index in [1.54, 1.807) is 0 Å². The van der Waals surface area contributed by atoms with Crippen molar-refractivity contribution in [2.45, 2.75) is 73.0 Å². The van der Waals surface area contributed by atoms with Crippen molar-refractivity contribution in [1.82, 2.24) is 0 Å². The predicted molar refractivity (Wildman–Crippen MR) is 127 cm³/mol. The normalized spacial score (nSPS) is 12.3. The molecule has 27 heavy (non-hydrogen) atoms. The molecular formula is C22H37Cl2OSiTi. The van der Waals surface area contributed by atoms with E-state index in [2.05, 4.69) is 98.9 Å². The molecule has 1 N–H and O–H groups in total. The third kappa shape index (κ3) is 12.9. The van der Waals surface area contributed by atoms with Crippen LogP contribution in [-0.2, 0) is 20.0 Å². The molecule has 0 saturated carbocycles. The zero-order valence-electron chi connectivity index (χ0n) is 18.4. The molecule has 0 bridgehead atoms. The van der Waals surface area contributed by atoms with Gasteiger partial charge in [0.25, 0.3) is 0 Å². The smallest absolute Gasteiger partial charge is 0.115 e. The third-order valence-corrected chi connectivity index (χ3v) is 10.0. The van der Waals surface area contributed by atoms with Crippen molar-refractivity contribution >= 4 is 41.9 Å². The molecule has 0 radical (unpaired) electrons. The molecule has 0 atom stereocenters. The van der Waals surface area contributed by atoms with Crippen molar-refractivity contribution in [2.24, 2.45) is 0 Å². The van der Waals surface area contributed by atoms with Crippen molar-refractivity contribution in [1.29, 1.82) is 0 Å². The quantitative estimate of drug-likeness (QED) is 0.362. The summed E-state index contributed by atoms with van der Waals surface area (Å²) in [6, 6.07) is 5.97. The van der Waals surface area contributed by atoms with Crippen LogP contribution in [0.1, 0.15) is 53.5 Å². The summed E-state index contributed by atoms with van der Waals surface area (Å²) in [5, 5.41) is 11.3. The van der Waals surface area contributed by atoms with Crippen molar-refractivity contribution < 1.29 is 25.1 Å². The second-order valence-electron chi connectivity index (χ2n) is 8.40. The fourth-order valence-electron chi connectivity index (χ4n) is 2.07. The maximum absolute atomic E-state index is 9.65. The van der Waals surface area contributed by atoms with Crippen molar-refractivity contribution in [3.63, 3.8) is 0 Å². The number of halogens is 2. The van der Waals surface area contributed by atoms with E-state index < -0.39 is 8.07 Å². The second-order valence-corrected chi connectivity index (χ2v) is 15.3. The number of hydrogen-bond acceptors (Lipinski definition) is 1. The Morgan fingerprint density at radius 3 is 1.81 bits per heavy atom. The summed E-state index contributed by atoms with van der Waals surface area (Å²) < 4.78 is 1.42. The van der Waals surface area contributed by atoms with Gasteiger partial charge in [-0.2, -0.15) is 6.08 Å². The number of benzene rings is 1. The first kappa shape index (κ1) is 31.6. The van der Waals surface area contributed by atoms with Crippen LogP contribution in [0.2, 0.25) is 18.1 Å². The van der Waals surface area contributed by atoms with Gasteiger partial charge in [-0.05, 0) is 29.7 Å². The van der Waals surface area contributed by atoms with Gasteiger partial charge in [-0.25, -0.2) is 11.6 Å². The number of phenolic OH excluding ortho intramolecular Hbond substituents is 1. The maximum atomic E-state index is 9.65.